The number of fused-ring (bicyclic) bond motifs is 2. The summed E-state index contributed by atoms with van der Waals surface area (Å²) in [6, 6.07) is 4.32. The zero-order valence-corrected chi connectivity index (χ0v) is 17.0. The van der Waals surface area contributed by atoms with Gasteiger partial charge in [0.2, 0.25) is 5.91 Å². The molecule has 142 valence electrons. The van der Waals surface area contributed by atoms with Crippen molar-refractivity contribution in [3.8, 4) is 0 Å². The predicted molar refractivity (Wildman–Crippen MR) is 110 cm³/mol. The van der Waals surface area contributed by atoms with Gasteiger partial charge in [-0.15, -0.1) is 0 Å². The highest BCUT2D eigenvalue weighted by atomic mass is 16.1. The Labute approximate surface area is 159 Å². The van der Waals surface area contributed by atoms with Crippen LogP contribution in [0.25, 0.3) is 0 Å². The number of benzene rings is 1. The number of amides is 1. The molecule has 1 fully saturated rings. The summed E-state index contributed by atoms with van der Waals surface area (Å²) < 4.78 is 0. The van der Waals surface area contributed by atoms with Crippen molar-refractivity contribution in [2.24, 2.45) is 23.7 Å². The lowest BCUT2D eigenvalue weighted by Crippen LogP contribution is -2.32. The molecule has 4 atom stereocenters. The Balaban J connectivity index is 1.66. The molecule has 1 saturated carbocycles. The summed E-state index contributed by atoms with van der Waals surface area (Å²) in [6.07, 6.45) is 13.6. The quantitative estimate of drug-likeness (QED) is 0.428. The highest BCUT2D eigenvalue weighted by Crippen LogP contribution is 2.50. The molecular weight excluding hydrogens is 318 g/mol. The molecule has 0 aromatic heterocycles. The van der Waals surface area contributed by atoms with Crippen LogP contribution in [0.15, 0.2) is 24.3 Å². The predicted octanol–water partition coefficient (Wildman–Crippen LogP) is 6.35. The van der Waals surface area contributed by atoms with E-state index in [0.29, 0.717) is 17.8 Å². The summed E-state index contributed by atoms with van der Waals surface area (Å²) in [4.78, 5) is 13.2. The molecule has 1 amide bonds. The Bertz CT molecular complexity index is 652. The fraction of sp³-hybridized carbons (Fsp3) is 0.625. The van der Waals surface area contributed by atoms with Gasteiger partial charge in [-0.2, -0.15) is 0 Å². The van der Waals surface area contributed by atoms with Gasteiger partial charge in [0.05, 0.1) is 0 Å². The Hall–Kier alpha value is -1.57. The van der Waals surface area contributed by atoms with Crippen LogP contribution in [-0.4, -0.2) is 5.91 Å². The van der Waals surface area contributed by atoms with Crippen molar-refractivity contribution in [1.29, 1.82) is 0 Å². The molecular formula is C24H35NO. The van der Waals surface area contributed by atoms with Crippen molar-refractivity contribution in [2.75, 3.05) is 5.32 Å². The molecule has 0 radical (unpaired) electrons. The number of hydrogen-bond acceptors (Lipinski definition) is 1. The number of carbonyl (C=O) groups is 1. The van der Waals surface area contributed by atoms with Gasteiger partial charge in [0.25, 0.3) is 0 Å². The van der Waals surface area contributed by atoms with E-state index in [2.05, 4.69) is 57.3 Å². The minimum atomic E-state index is 0.163. The first-order valence-electron chi connectivity index (χ1n) is 10.6. The molecule has 2 bridgehead atoms. The second-order valence-electron chi connectivity index (χ2n) is 8.60. The van der Waals surface area contributed by atoms with Gasteiger partial charge in [0.15, 0.2) is 0 Å². The van der Waals surface area contributed by atoms with Crippen molar-refractivity contribution in [3.63, 3.8) is 0 Å². The first-order chi connectivity index (χ1) is 12.5. The Morgan fingerprint density at radius 1 is 1.00 bits per heavy atom. The smallest absolute Gasteiger partial charge is 0.228 e. The van der Waals surface area contributed by atoms with Crippen molar-refractivity contribution in [1.82, 2.24) is 0 Å². The molecule has 0 aliphatic heterocycles. The molecule has 2 aliphatic carbocycles. The minimum absolute atomic E-state index is 0.163. The Morgan fingerprint density at radius 3 is 2.35 bits per heavy atom. The van der Waals surface area contributed by atoms with Crippen molar-refractivity contribution >= 4 is 11.6 Å². The summed E-state index contributed by atoms with van der Waals surface area (Å²) in [5, 5.41) is 3.30. The Morgan fingerprint density at radius 2 is 1.65 bits per heavy atom. The van der Waals surface area contributed by atoms with Crippen LogP contribution >= 0.6 is 0 Å². The lowest BCUT2D eigenvalue weighted by Gasteiger charge is -2.28. The summed E-state index contributed by atoms with van der Waals surface area (Å²) in [5.74, 6) is 2.03. The van der Waals surface area contributed by atoms with Crippen LogP contribution in [0, 0.1) is 44.4 Å². The maximum absolute atomic E-state index is 13.2. The highest BCUT2D eigenvalue weighted by molar-refractivity contribution is 5.95. The van der Waals surface area contributed by atoms with Crippen LogP contribution in [0.4, 0.5) is 5.69 Å². The molecule has 2 heteroatoms. The summed E-state index contributed by atoms with van der Waals surface area (Å²) in [7, 11) is 0. The van der Waals surface area contributed by atoms with E-state index in [-0.39, 0.29) is 11.8 Å². The van der Waals surface area contributed by atoms with Crippen molar-refractivity contribution in [3.05, 3.63) is 41.0 Å². The molecule has 1 aromatic carbocycles. The molecule has 26 heavy (non-hydrogen) atoms. The van der Waals surface area contributed by atoms with Gasteiger partial charge in [-0.1, -0.05) is 68.9 Å². The third-order valence-corrected chi connectivity index (χ3v) is 6.49. The maximum Gasteiger partial charge on any atom is 0.228 e. The number of anilines is 1. The van der Waals surface area contributed by atoms with Crippen LogP contribution in [0.3, 0.4) is 0 Å². The number of unbranched alkanes of at least 4 members (excludes halogenated alkanes) is 4. The molecule has 0 heterocycles. The van der Waals surface area contributed by atoms with Crippen molar-refractivity contribution < 1.29 is 4.79 Å². The maximum atomic E-state index is 13.2. The van der Waals surface area contributed by atoms with E-state index in [1.807, 2.05) is 0 Å². The van der Waals surface area contributed by atoms with E-state index in [0.717, 1.165) is 5.69 Å². The van der Waals surface area contributed by atoms with E-state index in [4.69, 9.17) is 0 Å². The molecule has 0 spiro atoms. The zero-order chi connectivity index (χ0) is 18.7. The number of hydrogen-bond donors (Lipinski definition) is 1. The van der Waals surface area contributed by atoms with Gasteiger partial charge in [-0.3, -0.25) is 4.79 Å². The fourth-order valence-corrected chi connectivity index (χ4v) is 5.27. The molecule has 3 rings (SSSR count). The summed E-state index contributed by atoms with van der Waals surface area (Å²) in [6.45, 7) is 8.57. The van der Waals surface area contributed by atoms with E-state index in [1.165, 1.54) is 61.6 Å². The third-order valence-electron chi connectivity index (χ3n) is 6.49. The largest absolute Gasteiger partial charge is 0.325 e. The minimum Gasteiger partial charge on any atom is -0.325 e. The van der Waals surface area contributed by atoms with Gasteiger partial charge in [-0.05, 0) is 62.5 Å². The molecule has 0 saturated heterocycles. The third kappa shape index (κ3) is 4.05. The molecule has 1 N–H and O–H groups in total. The van der Waals surface area contributed by atoms with Crippen LogP contribution in [0.2, 0.25) is 0 Å². The molecule has 2 nitrogen and oxygen atoms in total. The number of nitrogens with one attached hydrogen (secondary N) is 1. The van der Waals surface area contributed by atoms with E-state index in [1.54, 1.807) is 0 Å². The van der Waals surface area contributed by atoms with Crippen LogP contribution in [0.5, 0.6) is 0 Å². The number of allylic oxidation sites excluding steroid dienone is 2. The number of carbonyl (C=O) groups excluding carboxylic acids is 1. The van der Waals surface area contributed by atoms with Crippen LogP contribution in [0.1, 0.15) is 68.6 Å². The first-order valence-corrected chi connectivity index (χ1v) is 10.6. The molecule has 2 aliphatic rings. The van der Waals surface area contributed by atoms with Gasteiger partial charge in [0, 0.05) is 11.6 Å². The molecule has 4 unspecified atom stereocenters. The van der Waals surface area contributed by atoms with Crippen LogP contribution in [-0.2, 0) is 4.79 Å². The van der Waals surface area contributed by atoms with E-state index in [9.17, 15) is 4.79 Å². The summed E-state index contributed by atoms with van der Waals surface area (Å²) in [5.41, 5.74) is 4.62. The number of rotatable bonds is 8. The highest BCUT2D eigenvalue weighted by Gasteiger charge is 2.47. The average molecular weight is 354 g/mol. The lowest BCUT2D eigenvalue weighted by atomic mass is 9.79. The molecule has 1 aromatic rings. The first kappa shape index (κ1) is 19.2. The fourth-order valence-electron chi connectivity index (χ4n) is 5.27. The lowest BCUT2D eigenvalue weighted by molar-refractivity contribution is -0.122. The van der Waals surface area contributed by atoms with Gasteiger partial charge < -0.3 is 5.32 Å². The number of aryl methyl sites for hydroxylation is 3. The van der Waals surface area contributed by atoms with Gasteiger partial charge >= 0.3 is 0 Å². The van der Waals surface area contributed by atoms with E-state index >= 15 is 0 Å². The van der Waals surface area contributed by atoms with E-state index < -0.39 is 0 Å². The second-order valence-corrected chi connectivity index (χ2v) is 8.60. The summed E-state index contributed by atoms with van der Waals surface area (Å²) >= 11 is 0. The van der Waals surface area contributed by atoms with Crippen LogP contribution < -0.4 is 5.32 Å². The van der Waals surface area contributed by atoms with Crippen molar-refractivity contribution in [2.45, 2.75) is 72.6 Å². The van der Waals surface area contributed by atoms with Gasteiger partial charge in [0.1, 0.15) is 0 Å². The SMILES string of the molecule is CCCCCCCC1C2C=CC(C2)C1C(=O)Nc1c(C)cc(C)cc1C. The van der Waals surface area contributed by atoms with Gasteiger partial charge in [-0.25, -0.2) is 0 Å². The standard InChI is InChI=1S/C24H35NO/c1-5-6-7-8-9-10-21-19-11-12-20(15-19)22(21)24(26)25-23-17(3)13-16(2)14-18(23)4/h11-14,19-22H,5-10,15H2,1-4H3,(H,25,26). The monoisotopic (exact) mass is 353 g/mol. The average Bonchev–Trinajstić information content (AvgIpc) is 3.19. The Kier molecular flexibility index (Phi) is 6.21. The topological polar surface area (TPSA) is 29.1 Å². The zero-order valence-electron chi connectivity index (χ0n) is 17.0. The normalized spacial score (nSPS) is 26.5. The second kappa shape index (κ2) is 8.41.